The zero-order valence-corrected chi connectivity index (χ0v) is 13.0. The third kappa shape index (κ3) is 3.55. The van der Waals surface area contributed by atoms with Gasteiger partial charge in [-0.15, -0.1) is 0 Å². The molecule has 4 nitrogen and oxygen atoms in total. The Kier molecular flexibility index (Phi) is 5.52. The Morgan fingerprint density at radius 2 is 1.91 bits per heavy atom. The van der Waals surface area contributed by atoms with Crippen LogP contribution in [0.2, 0.25) is 13.1 Å². The molecule has 1 amide bonds. The summed E-state index contributed by atoms with van der Waals surface area (Å²) in [6.45, 7) is 3.34. The minimum absolute atomic E-state index is 0.101. The summed E-state index contributed by atoms with van der Waals surface area (Å²) in [6.07, 6.45) is -2.17. The predicted octanol–water partition coefficient (Wildman–Crippen LogP) is 4.02. The minimum atomic E-state index is -4.26. The Balaban J connectivity index is 2.95. The lowest BCUT2D eigenvalue weighted by Crippen LogP contribution is -2.60. The molecule has 1 aromatic carbocycles. The normalized spacial score (nSPS) is 12.2. The Hall–Kier alpha value is -1.68. The highest BCUT2D eigenvalue weighted by Crippen LogP contribution is 2.33. The van der Waals surface area contributed by atoms with Gasteiger partial charge in [0.05, 0.1) is 0 Å². The lowest BCUT2D eigenvalue weighted by Gasteiger charge is -2.33. The summed E-state index contributed by atoms with van der Waals surface area (Å²) in [4.78, 5) is 11.4. The number of alkyl halides is 2. The summed E-state index contributed by atoms with van der Waals surface area (Å²) in [7, 11) is -3.95. The number of rotatable bonds is 5. The number of carbonyl (C=O) groups is 1. The van der Waals surface area contributed by atoms with Crippen molar-refractivity contribution in [1.82, 2.24) is 5.12 Å². The molecule has 0 unspecified atom stereocenters. The van der Waals surface area contributed by atoms with Gasteiger partial charge in [0.1, 0.15) is 0 Å². The third-order valence-corrected chi connectivity index (χ3v) is 5.41. The summed E-state index contributed by atoms with van der Waals surface area (Å²) in [5.41, 5.74) is -4.26. The lowest BCUT2D eigenvalue weighted by molar-refractivity contribution is -0.166. The molecule has 0 aliphatic rings. The summed E-state index contributed by atoms with van der Waals surface area (Å²) in [5.74, 6) is -3.96. The lowest BCUT2D eigenvalue weighted by atomic mass is 10.3. The van der Waals surface area contributed by atoms with Gasteiger partial charge in [0.15, 0.2) is 11.6 Å². The van der Waals surface area contributed by atoms with Crippen molar-refractivity contribution >= 4 is 14.4 Å². The average molecular weight is 343 g/mol. The summed E-state index contributed by atoms with van der Waals surface area (Å²) < 4.78 is 76.7. The zero-order valence-electron chi connectivity index (χ0n) is 12.0. The molecule has 0 aliphatic heterocycles. The van der Waals surface area contributed by atoms with Gasteiger partial charge in [0, 0.05) is 6.61 Å². The first kappa shape index (κ1) is 18.4. The molecular weight excluding hydrogens is 329 g/mol. The van der Waals surface area contributed by atoms with Crippen LogP contribution in [0.4, 0.5) is 26.8 Å². The molecule has 0 N–H and O–H groups in total. The van der Waals surface area contributed by atoms with Crippen molar-refractivity contribution in [2.75, 3.05) is 6.61 Å². The molecule has 0 atom stereocenters. The Labute approximate surface area is 124 Å². The maximum absolute atomic E-state index is 13.9. The Morgan fingerprint density at radius 3 is 2.45 bits per heavy atom. The van der Waals surface area contributed by atoms with Gasteiger partial charge in [0.25, 0.3) is 8.32 Å². The van der Waals surface area contributed by atoms with Crippen LogP contribution in [0, 0.1) is 11.6 Å². The van der Waals surface area contributed by atoms with Gasteiger partial charge in [-0.3, -0.25) is 0 Å². The van der Waals surface area contributed by atoms with Crippen LogP contribution >= 0.6 is 0 Å². The topological polar surface area (TPSA) is 38.8 Å². The fourth-order valence-corrected chi connectivity index (χ4v) is 2.96. The van der Waals surface area contributed by atoms with E-state index in [1.807, 2.05) is 0 Å². The van der Waals surface area contributed by atoms with Crippen LogP contribution < -0.4 is 4.74 Å². The van der Waals surface area contributed by atoms with Crippen LogP contribution in [0.25, 0.3) is 0 Å². The van der Waals surface area contributed by atoms with Gasteiger partial charge < -0.3 is 9.16 Å². The van der Waals surface area contributed by atoms with Crippen LogP contribution in [0.5, 0.6) is 5.75 Å². The molecule has 0 spiro atoms. The van der Waals surface area contributed by atoms with E-state index in [4.69, 9.17) is 4.43 Å². The number of carbonyl (C=O) groups excluding carboxylic acids is 1. The largest absolute Gasteiger partial charge is 0.448 e. The smallest absolute Gasteiger partial charge is 0.409 e. The first-order valence-corrected chi connectivity index (χ1v) is 9.09. The number of nitrogens with zero attached hydrogens (tertiary/aromatic N) is 1. The van der Waals surface area contributed by atoms with Crippen LogP contribution in [0.3, 0.4) is 0 Å². The van der Waals surface area contributed by atoms with E-state index in [1.165, 1.54) is 6.92 Å². The van der Waals surface area contributed by atoms with Gasteiger partial charge >= 0.3 is 11.8 Å². The van der Waals surface area contributed by atoms with E-state index in [9.17, 15) is 26.8 Å². The molecule has 0 aliphatic carbocycles. The van der Waals surface area contributed by atoms with E-state index in [0.29, 0.717) is 0 Å². The molecule has 0 saturated carbocycles. The monoisotopic (exact) mass is 343 g/mol. The fourth-order valence-electron chi connectivity index (χ4n) is 1.50. The van der Waals surface area contributed by atoms with E-state index in [0.717, 1.165) is 31.3 Å². The first-order valence-electron chi connectivity index (χ1n) is 6.18. The van der Waals surface area contributed by atoms with Crippen LogP contribution in [0.15, 0.2) is 18.2 Å². The molecular formula is C12H14F5NO3Si. The second-order valence-corrected chi connectivity index (χ2v) is 8.60. The molecule has 0 radical (unpaired) electrons. The highest BCUT2D eigenvalue weighted by atomic mass is 28.4. The van der Waals surface area contributed by atoms with Crippen molar-refractivity contribution in [1.29, 1.82) is 0 Å². The van der Waals surface area contributed by atoms with E-state index in [2.05, 4.69) is 4.74 Å². The molecule has 0 aromatic heterocycles. The fraction of sp³-hybridized carbons (Fsp3) is 0.417. The molecule has 22 heavy (non-hydrogen) atoms. The van der Waals surface area contributed by atoms with Crippen molar-refractivity contribution in [2.45, 2.75) is 25.7 Å². The summed E-state index contributed by atoms with van der Waals surface area (Å²) in [6, 6.07) is 2.49. The highest BCUT2D eigenvalue weighted by molar-refractivity contribution is 6.73. The van der Waals surface area contributed by atoms with Crippen molar-refractivity contribution in [3.8, 4) is 5.75 Å². The van der Waals surface area contributed by atoms with Crippen LogP contribution in [0.1, 0.15) is 6.92 Å². The highest BCUT2D eigenvalue weighted by Gasteiger charge is 2.59. The Bertz CT molecular complexity index is 556. The van der Waals surface area contributed by atoms with Gasteiger partial charge in [0.2, 0.25) is 5.82 Å². The quantitative estimate of drug-likeness (QED) is 0.351. The standard InChI is InChI=1S/C12H14F5NO3Si/c1-4-20-22(2,3)12(15,16)18(17)11(19)21-9-7-5-6-8(13)10(9)14/h5-7H,4H2,1-3H3. The molecule has 1 rings (SSSR count). The molecule has 0 fully saturated rings. The van der Waals surface area contributed by atoms with E-state index in [-0.39, 0.29) is 6.61 Å². The Morgan fingerprint density at radius 1 is 1.32 bits per heavy atom. The summed E-state index contributed by atoms with van der Waals surface area (Å²) in [5, 5.41) is -1.46. The number of benzene rings is 1. The van der Waals surface area contributed by atoms with E-state index < -0.39 is 42.6 Å². The predicted molar refractivity (Wildman–Crippen MR) is 69.4 cm³/mol. The zero-order chi connectivity index (χ0) is 17.1. The third-order valence-electron chi connectivity index (χ3n) is 2.75. The molecule has 124 valence electrons. The van der Waals surface area contributed by atoms with Crippen molar-refractivity contribution in [3.63, 3.8) is 0 Å². The van der Waals surface area contributed by atoms with Crippen LogP contribution in [-0.4, -0.2) is 31.8 Å². The molecule has 0 bridgehead atoms. The van der Waals surface area contributed by atoms with Gasteiger partial charge in [-0.05, 0) is 32.2 Å². The number of amides is 1. The first-order chi connectivity index (χ1) is 10.0. The van der Waals surface area contributed by atoms with E-state index >= 15 is 0 Å². The number of hydrogen-bond donors (Lipinski definition) is 0. The number of hydrogen-bond acceptors (Lipinski definition) is 3. The van der Waals surface area contributed by atoms with Gasteiger partial charge in [-0.1, -0.05) is 15.7 Å². The van der Waals surface area contributed by atoms with Gasteiger partial charge in [-0.25, -0.2) is 9.18 Å². The second kappa shape index (κ2) is 6.61. The molecule has 10 heteroatoms. The second-order valence-electron chi connectivity index (χ2n) is 4.69. The van der Waals surface area contributed by atoms with Crippen molar-refractivity contribution < 1.29 is 36.0 Å². The summed E-state index contributed by atoms with van der Waals surface area (Å²) >= 11 is 0. The number of ether oxygens (including phenoxy) is 1. The molecule has 0 heterocycles. The minimum Gasteiger partial charge on any atom is -0.409 e. The van der Waals surface area contributed by atoms with E-state index in [1.54, 1.807) is 0 Å². The average Bonchev–Trinajstić information content (AvgIpc) is 2.42. The van der Waals surface area contributed by atoms with Crippen molar-refractivity contribution in [2.24, 2.45) is 0 Å². The maximum Gasteiger partial charge on any atom is 0.448 e. The molecule has 1 aromatic rings. The SMILES string of the molecule is CCO[Si](C)(C)C(F)(F)N(F)C(=O)Oc1cccc(F)c1F. The maximum atomic E-state index is 13.9. The van der Waals surface area contributed by atoms with Crippen LogP contribution in [-0.2, 0) is 4.43 Å². The molecule has 0 saturated heterocycles. The van der Waals surface area contributed by atoms with Gasteiger partial charge in [-0.2, -0.15) is 13.2 Å². The van der Waals surface area contributed by atoms with Crippen molar-refractivity contribution in [3.05, 3.63) is 29.8 Å². The number of halogens is 5.